The fourth-order valence-corrected chi connectivity index (χ4v) is 1.83. The summed E-state index contributed by atoms with van der Waals surface area (Å²) in [5.41, 5.74) is 2.64. The molecule has 0 fully saturated rings. The molecule has 4 nitrogen and oxygen atoms in total. The predicted octanol–water partition coefficient (Wildman–Crippen LogP) is 3.26. The molecular weight excluding hydrogens is 250 g/mol. The second-order valence-corrected chi connectivity index (χ2v) is 4.21. The van der Waals surface area contributed by atoms with Crippen LogP contribution < -0.4 is 4.74 Å². The molecule has 0 spiro atoms. The fraction of sp³-hybridized carbons (Fsp3) is 0.0625. The average Bonchev–Trinajstić information content (AvgIpc) is 2.90. The van der Waals surface area contributed by atoms with Crippen LogP contribution in [-0.4, -0.2) is 24.9 Å². The van der Waals surface area contributed by atoms with Gasteiger partial charge in [-0.3, -0.25) is 4.99 Å². The normalized spacial score (nSPS) is 17.0. The molecule has 3 rings (SSSR count). The molecule has 1 aromatic rings. The maximum absolute atomic E-state index is 5.58. The topological polar surface area (TPSA) is 46.3 Å². The standard InChI is InChI=1S/C16H13N3O/c1-4-13-11-17-8-3-9-20-15-6-2-5-14(10-15)18-12-19-16(13)7-1/h1-8,10-12H,9H2. The lowest BCUT2D eigenvalue weighted by Crippen LogP contribution is -1.97. The van der Waals surface area contributed by atoms with Gasteiger partial charge in [-0.15, -0.1) is 0 Å². The van der Waals surface area contributed by atoms with Crippen LogP contribution in [0.1, 0.15) is 0 Å². The molecule has 1 aliphatic carbocycles. The van der Waals surface area contributed by atoms with Gasteiger partial charge in [0.2, 0.25) is 0 Å². The smallest absolute Gasteiger partial charge is 0.121 e. The number of allylic oxidation sites excluding steroid dienone is 4. The zero-order valence-electron chi connectivity index (χ0n) is 10.8. The van der Waals surface area contributed by atoms with E-state index in [1.165, 1.54) is 0 Å². The molecule has 0 saturated carbocycles. The molecule has 4 heteroatoms. The SMILES string of the molecule is C1=CC2=NC=Nc3cccc(c3)OCC=CN=CC2=C1. The zero-order valence-corrected chi connectivity index (χ0v) is 10.8. The largest absolute Gasteiger partial charge is 0.489 e. The van der Waals surface area contributed by atoms with Gasteiger partial charge in [0.15, 0.2) is 0 Å². The Bertz CT molecular complexity index is 679. The monoisotopic (exact) mass is 263 g/mol. The van der Waals surface area contributed by atoms with Gasteiger partial charge in [0.25, 0.3) is 0 Å². The van der Waals surface area contributed by atoms with Crippen LogP contribution in [0.3, 0.4) is 0 Å². The maximum Gasteiger partial charge on any atom is 0.121 e. The van der Waals surface area contributed by atoms with Gasteiger partial charge >= 0.3 is 0 Å². The van der Waals surface area contributed by atoms with Gasteiger partial charge in [0.05, 0.1) is 11.4 Å². The second kappa shape index (κ2) is 5.93. The minimum absolute atomic E-state index is 0.475. The number of fused-ring (bicyclic) bond motifs is 3. The van der Waals surface area contributed by atoms with Gasteiger partial charge in [0, 0.05) is 24.1 Å². The molecule has 0 unspecified atom stereocenters. The summed E-state index contributed by atoms with van der Waals surface area (Å²) < 4.78 is 5.58. The molecule has 0 N–H and O–H groups in total. The molecule has 2 aliphatic rings. The Morgan fingerprint density at radius 3 is 3.20 bits per heavy atom. The molecule has 0 atom stereocenters. The third-order valence-corrected chi connectivity index (χ3v) is 2.80. The van der Waals surface area contributed by atoms with Gasteiger partial charge in [-0.25, -0.2) is 9.98 Å². The highest BCUT2D eigenvalue weighted by atomic mass is 16.5. The molecule has 0 aromatic heterocycles. The van der Waals surface area contributed by atoms with Crippen molar-refractivity contribution < 1.29 is 4.74 Å². The maximum atomic E-state index is 5.58. The Morgan fingerprint density at radius 2 is 2.20 bits per heavy atom. The fourth-order valence-electron chi connectivity index (χ4n) is 1.83. The Hall–Kier alpha value is -2.75. The lowest BCUT2D eigenvalue weighted by Gasteiger charge is -2.03. The summed E-state index contributed by atoms with van der Waals surface area (Å²) >= 11 is 0. The number of nitrogens with zero attached hydrogens (tertiary/aromatic N) is 3. The summed E-state index contributed by atoms with van der Waals surface area (Å²) in [7, 11) is 0. The molecule has 1 aromatic carbocycles. The number of rotatable bonds is 0. The van der Waals surface area contributed by atoms with Crippen LogP contribution in [0, 0.1) is 0 Å². The molecule has 98 valence electrons. The first-order valence-corrected chi connectivity index (χ1v) is 6.32. The minimum Gasteiger partial charge on any atom is -0.489 e. The number of benzene rings is 1. The van der Waals surface area contributed by atoms with Crippen molar-refractivity contribution in [1.29, 1.82) is 0 Å². The minimum atomic E-state index is 0.475. The van der Waals surface area contributed by atoms with Crippen LogP contribution in [0.15, 0.2) is 75.3 Å². The molecule has 1 aliphatic heterocycles. The van der Waals surface area contributed by atoms with Crippen molar-refractivity contribution in [1.82, 2.24) is 0 Å². The number of aliphatic imine (C=N–C) groups is 3. The molecule has 2 bridgehead atoms. The van der Waals surface area contributed by atoms with E-state index in [0.29, 0.717) is 6.61 Å². The summed E-state index contributed by atoms with van der Waals surface area (Å²) in [5.74, 6) is 0.777. The quantitative estimate of drug-likeness (QED) is 0.708. The van der Waals surface area contributed by atoms with Crippen LogP contribution in [0.25, 0.3) is 0 Å². The summed E-state index contributed by atoms with van der Waals surface area (Å²) in [5, 5.41) is 0. The van der Waals surface area contributed by atoms with E-state index in [0.717, 1.165) is 22.7 Å². The van der Waals surface area contributed by atoms with Crippen molar-refractivity contribution in [2.45, 2.75) is 0 Å². The van der Waals surface area contributed by atoms with E-state index >= 15 is 0 Å². The van der Waals surface area contributed by atoms with Crippen molar-refractivity contribution in [2.24, 2.45) is 15.0 Å². The first-order valence-electron chi connectivity index (χ1n) is 6.32. The van der Waals surface area contributed by atoms with Gasteiger partial charge < -0.3 is 4.74 Å². The molecule has 0 saturated heterocycles. The number of hydrogen-bond acceptors (Lipinski definition) is 4. The molecule has 20 heavy (non-hydrogen) atoms. The highest BCUT2D eigenvalue weighted by molar-refractivity contribution is 6.25. The zero-order chi connectivity index (χ0) is 13.6. The van der Waals surface area contributed by atoms with Crippen LogP contribution in [0.2, 0.25) is 0 Å². The lowest BCUT2D eigenvalue weighted by molar-refractivity contribution is 0.363. The van der Waals surface area contributed by atoms with Gasteiger partial charge in [0.1, 0.15) is 18.7 Å². The molecule has 0 amide bonds. The van der Waals surface area contributed by atoms with E-state index in [9.17, 15) is 0 Å². The van der Waals surface area contributed by atoms with E-state index in [1.807, 2.05) is 48.6 Å². The van der Waals surface area contributed by atoms with E-state index in [4.69, 9.17) is 4.74 Å². The van der Waals surface area contributed by atoms with Crippen molar-refractivity contribution in [3.8, 4) is 5.75 Å². The van der Waals surface area contributed by atoms with Gasteiger partial charge in [-0.1, -0.05) is 18.2 Å². The lowest BCUT2D eigenvalue weighted by atomic mass is 10.2. The Balaban J connectivity index is 1.94. The Morgan fingerprint density at radius 1 is 1.20 bits per heavy atom. The highest BCUT2D eigenvalue weighted by Crippen LogP contribution is 2.19. The first-order chi connectivity index (χ1) is 9.92. The van der Waals surface area contributed by atoms with E-state index < -0.39 is 0 Å². The third kappa shape index (κ3) is 2.98. The summed E-state index contributed by atoms with van der Waals surface area (Å²) in [4.78, 5) is 12.9. The van der Waals surface area contributed by atoms with Crippen LogP contribution in [-0.2, 0) is 0 Å². The van der Waals surface area contributed by atoms with Crippen LogP contribution >= 0.6 is 0 Å². The molecule has 0 radical (unpaired) electrons. The van der Waals surface area contributed by atoms with Crippen LogP contribution in [0.4, 0.5) is 5.69 Å². The summed E-state index contributed by atoms with van der Waals surface area (Å²) in [6, 6.07) is 7.59. The average molecular weight is 263 g/mol. The number of ether oxygens (including phenoxy) is 1. The van der Waals surface area contributed by atoms with Crippen molar-refractivity contribution in [3.05, 3.63) is 60.3 Å². The predicted molar refractivity (Wildman–Crippen MR) is 82.4 cm³/mol. The van der Waals surface area contributed by atoms with E-state index in [-0.39, 0.29) is 0 Å². The molecular formula is C16H13N3O. The molecule has 1 heterocycles. The summed E-state index contributed by atoms with van der Waals surface area (Å²) in [6.07, 6.45) is 12.7. The van der Waals surface area contributed by atoms with E-state index in [1.54, 1.807) is 18.8 Å². The van der Waals surface area contributed by atoms with Crippen molar-refractivity contribution in [3.63, 3.8) is 0 Å². The highest BCUT2D eigenvalue weighted by Gasteiger charge is 2.04. The van der Waals surface area contributed by atoms with Crippen LogP contribution in [0.5, 0.6) is 5.75 Å². The Kier molecular flexibility index (Phi) is 3.64. The second-order valence-electron chi connectivity index (χ2n) is 4.21. The number of hydrogen-bond donors (Lipinski definition) is 0. The van der Waals surface area contributed by atoms with Crippen molar-refractivity contribution in [2.75, 3.05) is 6.61 Å². The van der Waals surface area contributed by atoms with E-state index in [2.05, 4.69) is 15.0 Å². The first kappa shape index (κ1) is 12.3. The third-order valence-electron chi connectivity index (χ3n) is 2.80. The van der Waals surface area contributed by atoms with Gasteiger partial charge in [-0.2, -0.15) is 0 Å². The van der Waals surface area contributed by atoms with Crippen molar-refractivity contribution >= 4 is 24.0 Å². The summed E-state index contributed by atoms with van der Waals surface area (Å²) in [6.45, 7) is 0.475. The van der Waals surface area contributed by atoms with Gasteiger partial charge in [-0.05, 0) is 24.3 Å². The Labute approximate surface area is 117 Å².